The van der Waals surface area contributed by atoms with E-state index in [-0.39, 0.29) is 0 Å². The average molecular weight is 260 g/mol. The summed E-state index contributed by atoms with van der Waals surface area (Å²) in [6, 6.07) is 7.23. The molecule has 0 atom stereocenters. The Bertz CT molecular complexity index is 364. The minimum absolute atomic E-state index is 0.441. The van der Waals surface area contributed by atoms with Crippen molar-refractivity contribution in [3.05, 3.63) is 29.3 Å². The molecule has 0 saturated heterocycles. The first kappa shape index (κ1) is 12.2. The van der Waals surface area contributed by atoms with Gasteiger partial charge in [0, 0.05) is 17.8 Å². The van der Waals surface area contributed by atoms with Crippen LogP contribution >= 0.6 is 36.0 Å². The first-order valence-corrected chi connectivity index (χ1v) is 5.36. The maximum absolute atomic E-state index is 5.75. The van der Waals surface area contributed by atoms with Crippen molar-refractivity contribution >= 4 is 51.9 Å². The topological polar surface area (TPSA) is 36.1 Å². The van der Waals surface area contributed by atoms with Gasteiger partial charge in [0.1, 0.15) is 0 Å². The Balaban J connectivity index is 2.51. The summed E-state index contributed by atoms with van der Waals surface area (Å²) >= 11 is 15.7. The molecule has 0 aliphatic carbocycles. The van der Waals surface area contributed by atoms with E-state index in [0.29, 0.717) is 15.2 Å². The summed E-state index contributed by atoms with van der Waals surface area (Å²) in [5, 5.41) is 10.1. The molecule has 0 bridgehead atoms. The average Bonchev–Trinajstić information content (AvgIpc) is 2.21. The molecule has 0 fully saturated rings. The third-order valence-corrected chi connectivity index (χ3v) is 2.32. The van der Waals surface area contributed by atoms with Crippen molar-refractivity contribution in [1.29, 1.82) is 0 Å². The zero-order chi connectivity index (χ0) is 11.3. The molecule has 0 radical (unpaired) electrons. The van der Waals surface area contributed by atoms with E-state index in [0.717, 1.165) is 5.69 Å². The molecular weight excluding hydrogens is 250 g/mol. The van der Waals surface area contributed by atoms with Crippen LogP contribution in [0.1, 0.15) is 0 Å². The second kappa shape index (κ2) is 5.85. The fourth-order valence-corrected chi connectivity index (χ4v) is 1.37. The normalized spacial score (nSPS) is 9.20. The zero-order valence-corrected chi connectivity index (χ0v) is 10.4. The summed E-state index contributed by atoms with van der Waals surface area (Å²) in [5.74, 6) is 0. The number of anilines is 1. The lowest BCUT2D eigenvalue weighted by molar-refractivity contribution is 1.14. The summed E-state index contributed by atoms with van der Waals surface area (Å²) in [4.78, 5) is 0. The van der Waals surface area contributed by atoms with E-state index < -0.39 is 0 Å². The Morgan fingerprint density at radius 3 is 2.27 bits per heavy atom. The van der Waals surface area contributed by atoms with E-state index in [4.69, 9.17) is 36.0 Å². The van der Waals surface area contributed by atoms with Crippen LogP contribution in [0.5, 0.6) is 0 Å². The third kappa shape index (κ3) is 4.42. The van der Waals surface area contributed by atoms with Gasteiger partial charge in [-0.25, -0.2) is 0 Å². The lowest BCUT2D eigenvalue weighted by Gasteiger charge is -2.10. The third-order valence-electron chi connectivity index (χ3n) is 1.56. The molecule has 80 valence electrons. The predicted octanol–water partition coefficient (Wildman–Crippen LogP) is 2.13. The molecule has 1 aromatic rings. The van der Waals surface area contributed by atoms with Crippen molar-refractivity contribution in [2.24, 2.45) is 0 Å². The molecule has 3 nitrogen and oxygen atoms in total. The number of halogens is 1. The fourth-order valence-electron chi connectivity index (χ4n) is 0.861. The molecule has 1 aromatic carbocycles. The molecule has 0 saturated carbocycles. The van der Waals surface area contributed by atoms with Crippen molar-refractivity contribution in [2.45, 2.75) is 0 Å². The summed E-state index contributed by atoms with van der Waals surface area (Å²) in [7, 11) is 1.72. The van der Waals surface area contributed by atoms with Gasteiger partial charge in [-0.05, 0) is 48.7 Å². The molecule has 0 spiro atoms. The summed E-state index contributed by atoms with van der Waals surface area (Å²) in [6.07, 6.45) is 0. The minimum Gasteiger partial charge on any atom is -0.365 e. The van der Waals surface area contributed by atoms with Crippen molar-refractivity contribution < 1.29 is 0 Å². The van der Waals surface area contributed by atoms with E-state index in [9.17, 15) is 0 Å². The quantitative estimate of drug-likeness (QED) is 0.674. The number of rotatable bonds is 1. The molecule has 15 heavy (non-hydrogen) atoms. The maximum atomic E-state index is 5.75. The number of nitrogens with one attached hydrogen (secondary N) is 3. The Labute approximate surface area is 104 Å². The molecule has 0 aliphatic heterocycles. The number of hydrogen-bond donors (Lipinski definition) is 3. The highest BCUT2D eigenvalue weighted by Crippen LogP contribution is 2.12. The van der Waals surface area contributed by atoms with Crippen LogP contribution in [-0.2, 0) is 0 Å². The van der Waals surface area contributed by atoms with Gasteiger partial charge in [-0.3, -0.25) is 0 Å². The van der Waals surface area contributed by atoms with Crippen LogP contribution in [0.2, 0.25) is 5.02 Å². The van der Waals surface area contributed by atoms with E-state index in [1.807, 2.05) is 12.1 Å². The Hall–Kier alpha value is -0.910. The van der Waals surface area contributed by atoms with Crippen molar-refractivity contribution in [3.63, 3.8) is 0 Å². The maximum Gasteiger partial charge on any atom is 0.177 e. The summed E-state index contributed by atoms with van der Waals surface area (Å²) in [6.45, 7) is 0. The van der Waals surface area contributed by atoms with E-state index >= 15 is 0 Å². The smallest absolute Gasteiger partial charge is 0.177 e. The lowest BCUT2D eigenvalue weighted by Crippen LogP contribution is -2.39. The van der Waals surface area contributed by atoms with Crippen LogP contribution in [-0.4, -0.2) is 17.3 Å². The van der Waals surface area contributed by atoms with E-state index in [2.05, 4.69) is 16.0 Å². The molecule has 0 aromatic heterocycles. The molecule has 1 rings (SSSR count). The Kier molecular flexibility index (Phi) is 4.74. The van der Waals surface area contributed by atoms with Crippen LogP contribution in [0.15, 0.2) is 24.3 Å². The van der Waals surface area contributed by atoms with Gasteiger partial charge >= 0.3 is 0 Å². The van der Waals surface area contributed by atoms with Crippen LogP contribution in [0, 0.1) is 0 Å². The SMILES string of the molecule is CNC(=S)NC(=S)Nc1ccc(Cl)cc1. The lowest BCUT2D eigenvalue weighted by atomic mass is 10.3. The van der Waals surface area contributed by atoms with E-state index in [1.54, 1.807) is 19.2 Å². The molecule has 0 heterocycles. The van der Waals surface area contributed by atoms with Gasteiger partial charge in [-0.1, -0.05) is 11.6 Å². The van der Waals surface area contributed by atoms with Crippen LogP contribution in [0.4, 0.5) is 5.69 Å². The second-order valence-corrected chi connectivity index (χ2v) is 3.92. The largest absolute Gasteiger partial charge is 0.365 e. The molecule has 0 unspecified atom stereocenters. The number of thiocarbonyl (C=S) groups is 2. The standard InChI is InChI=1S/C9H10ClN3S2/c1-11-8(14)13-9(15)12-7-4-2-6(10)3-5-7/h2-5H,1H3,(H3,11,12,13,14,15). The summed E-state index contributed by atoms with van der Waals surface area (Å²) in [5.41, 5.74) is 0.857. The Morgan fingerprint density at radius 1 is 1.13 bits per heavy atom. The van der Waals surface area contributed by atoms with E-state index in [1.165, 1.54) is 0 Å². The van der Waals surface area contributed by atoms with Gasteiger partial charge in [0.05, 0.1) is 0 Å². The van der Waals surface area contributed by atoms with Gasteiger partial charge in [0.2, 0.25) is 0 Å². The highest BCUT2D eigenvalue weighted by molar-refractivity contribution is 7.82. The molecule has 0 aliphatic rings. The minimum atomic E-state index is 0.441. The van der Waals surface area contributed by atoms with Gasteiger partial charge in [0.15, 0.2) is 10.2 Å². The van der Waals surface area contributed by atoms with Crippen molar-refractivity contribution in [1.82, 2.24) is 10.6 Å². The molecular formula is C9H10ClN3S2. The van der Waals surface area contributed by atoms with Gasteiger partial charge in [0.25, 0.3) is 0 Å². The highest BCUT2D eigenvalue weighted by atomic mass is 35.5. The highest BCUT2D eigenvalue weighted by Gasteiger charge is 1.98. The van der Waals surface area contributed by atoms with Crippen LogP contribution in [0.3, 0.4) is 0 Å². The van der Waals surface area contributed by atoms with Gasteiger partial charge in [-0.15, -0.1) is 0 Å². The summed E-state index contributed by atoms with van der Waals surface area (Å²) < 4.78 is 0. The van der Waals surface area contributed by atoms with Crippen LogP contribution in [0.25, 0.3) is 0 Å². The fraction of sp³-hybridized carbons (Fsp3) is 0.111. The van der Waals surface area contributed by atoms with Crippen molar-refractivity contribution in [3.8, 4) is 0 Å². The molecule has 3 N–H and O–H groups in total. The molecule has 0 amide bonds. The second-order valence-electron chi connectivity index (χ2n) is 2.67. The number of benzene rings is 1. The number of hydrogen-bond acceptors (Lipinski definition) is 2. The predicted molar refractivity (Wildman–Crippen MR) is 72.5 cm³/mol. The monoisotopic (exact) mass is 259 g/mol. The van der Waals surface area contributed by atoms with Crippen LogP contribution < -0.4 is 16.0 Å². The first-order chi connectivity index (χ1) is 7.11. The van der Waals surface area contributed by atoms with Gasteiger partial charge < -0.3 is 16.0 Å². The van der Waals surface area contributed by atoms with Gasteiger partial charge in [-0.2, -0.15) is 0 Å². The Morgan fingerprint density at radius 2 is 1.73 bits per heavy atom. The van der Waals surface area contributed by atoms with Crippen molar-refractivity contribution in [2.75, 3.05) is 12.4 Å². The first-order valence-electron chi connectivity index (χ1n) is 4.17. The molecule has 6 heteroatoms. The zero-order valence-electron chi connectivity index (χ0n) is 8.00.